The summed E-state index contributed by atoms with van der Waals surface area (Å²) in [6.45, 7) is 8.73. The van der Waals surface area contributed by atoms with Crippen molar-refractivity contribution in [1.29, 1.82) is 0 Å². The molecule has 1 aliphatic heterocycles. The summed E-state index contributed by atoms with van der Waals surface area (Å²) >= 11 is 0. The minimum Gasteiger partial charge on any atom is -0.306 e. The number of amides is 1. The van der Waals surface area contributed by atoms with E-state index in [0.717, 1.165) is 24.2 Å². The Morgan fingerprint density at radius 1 is 0.970 bits per heavy atom. The standard InChI is InChI=1S/C23H28N6O3S/c1-15-9-11-28(12-10-15)33(31,32)20-7-5-19(6-8-20)22(30)26-21-14-18(4)27-29(21)23-24-16(2)13-17(3)25-23/h5-8,13-15H,9-12H2,1-4H3,(H,26,30). The van der Waals surface area contributed by atoms with Crippen LogP contribution < -0.4 is 5.32 Å². The monoisotopic (exact) mass is 468 g/mol. The van der Waals surface area contributed by atoms with Crippen molar-refractivity contribution in [2.75, 3.05) is 18.4 Å². The third-order valence-corrected chi connectivity index (χ3v) is 7.64. The highest BCUT2D eigenvalue weighted by Crippen LogP contribution is 2.24. The Labute approximate surface area is 193 Å². The number of aryl methyl sites for hydroxylation is 3. The van der Waals surface area contributed by atoms with Crippen molar-refractivity contribution < 1.29 is 13.2 Å². The first-order chi connectivity index (χ1) is 15.6. The molecule has 0 saturated carbocycles. The van der Waals surface area contributed by atoms with Crippen LogP contribution in [0.4, 0.5) is 5.82 Å². The van der Waals surface area contributed by atoms with Gasteiger partial charge >= 0.3 is 0 Å². The third-order valence-electron chi connectivity index (χ3n) is 5.73. The molecule has 4 rings (SSSR count). The molecule has 0 spiro atoms. The molecule has 33 heavy (non-hydrogen) atoms. The number of anilines is 1. The van der Waals surface area contributed by atoms with E-state index in [9.17, 15) is 13.2 Å². The Kier molecular flexibility index (Phi) is 6.31. The van der Waals surface area contributed by atoms with Crippen LogP contribution in [0.5, 0.6) is 0 Å². The molecular weight excluding hydrogens is 440 g/mol. The highest BCUT2D eigenvalue weighted by atomic mass is 32.2. The van der Waals surface area contributed by atoms with Gasteiger partial charge in [-0.15, -0.1) is 0 Å². The van der Waals surface area contributed by atoms with Gasteiger partial charge in [0.1, 0.15) is 5.82 Å². The topological polar surface area (TPSA) is 110 Å². The van der Waals surface area contributed by atoms with Crippen LogP contribution >= 0.6 is 0 Å². The normalized spacial score (nSPS) is 15.5. The predicted molar refractivity (Wildman–Crippen MR) is 125 cm³/mol. The quantitative estimate of drug-likeness (QED) is 0.615. The molecule has 1 fully saturated rings. The van der Waals surface area contributed by atoms with Crippen LogP contribution in [0.3, 0.4) is 0 Å². The number of hydrogen-bond acceptors (Lipinski definition) is 6. The Morgan fingerprint density at radius 2 is 1.58 bits per heavy atom. The lowest BCUT2D eigenvalue weighted by Crippen LogP contribution is -2.37. The zero-order chi connectivity index (χ0) is 23.8. The third kappa shape index (κ3) is 4.96. The van der Waals surface area contributed by atoms with E-state index in [1.165, 1.54) is 33.3 Å². The van der Waals surface area contributed by atoms with Crippen molar-refractivity contribution in [2.45, 2.75) is 45.4 Å². The Balaban J connectivity index is 1.53. The van der Waals surface area contributed by atoms with E-state index in [-0.39, 0.29) is 10.8 Å². The van der Waals surface area contributed by atoms with Gasteiger partial charge in [-0.05, 0) is 69.9 Å². The largest absolute Gasteiger partial charge is 0.306 e. The van der Waals surface area contributed by atoms with Crippen LogP contribution in [0.2, 0.25) is 0 Å². The minimum atomic E-state index is -3.56. The molecule has 2 aromatic heterocycles. The summed E-state index contributed by atoms with van der Waals surface area (Å²) in [5.41, 5.74) is 2.63. The molecule has 0 atom stereocenters. The van der Waals surface area contributed by atoms with Gasteiger partial charge in [-0.1, -0.05) is 6.92 Å². The number of aromatic nitrogens is 4. The SMILES string of the molecule is Cc1cc(C)nc(-n2nc(C)cc2NC(=O)c2ccc(S(=O)(=O)N3CCC(C)CC3)cc2)n1. The zero-order valence-electron chi connectivity index (χ0n) is 19.2. The second-order valence-electron chi connectivity index (χ2n) is 8.60. The Morgan fingerprint density at radius 3 is 2.18 bits per heavy atom. The molecular formula is C23H28N6O3S. The maximum atomic E-state index is 12.9. The van der Waals surface area contributed by atoms with Gasteiger partial charge in [0.25, 0.3) is 11.9 Å². The van der Waals surface area contributed by atoms with E-state index in [4.69, 9.17) is 0 Å². The van der Waals surface area contributed by atoms with E-state index in [1.54, 1.807) is 6.07 Å². The number of carbonyl (C=O) groups excluding carboxylic acids is 1. The highest BCUT2D eigenvalue weighted by molar-refractivity contribution is 7.89. The average molecular weight is 469 g/mol. The first kappa shape index (κ1) is 23.1. The van der Waals surface area contributed by atoms with Crippen molar-refractivity contribution >= 4 is 21.7 Å². The van der Waals surface area contributed by atoms with Gasteiger partial charge in [-0.25, -0.2) is 18.4 Å². The number of nitrogens with one attached hydrogen (secondary N) is 1. The summed E-state index contributed by atoms with van der Waals surface area (Å²) in [4.78, 5) is 21.9. The van der Waals surface area contributed by atoms with Crippen LogP contribution in [-0.2, 0) is 10.0 Å². The zero-order valence-corrected chi connectivity index (χ0v) is 20.1. The molecule has 0 aliphatic carbocycles. The molecule has 1 N–H and O–H groups in total. The lowest BCUT2D eigenvalue weighted by atomic mass is 10.0. The molecule has 1 aromatic carbocycles. The molecule has 1 amide bonds. The Hall–Kier alpha value is -3.11. The fraction of sp³-hybridized carbons (Fsp3) is 0.391. The number of rotatable bonds is 5. The Bertz CT molecular complexity index is 1260. The molecule has 0 radical (unpaired) electrons. The van der Waals surface area contributed by atoms with Gasteiger partial charge in [0.2, 0.25) is 10.0 Å². The summed E-state index contributed by atoms with van der Waals surface area (Å²) in [5, 5.41) is 7.24. The number of benzene rings is 1. The van der Waals surface area contributed by atoms with E-state index in [2.05, 4.69) is 27.3 Å². The van der Waals surface area contributed by atoms with Crippen LogP contribution in [0.15, 0.2) is 41.3 Å². The lowest BCUT2D eigenvalue weighted by Gasteiger charge is -2.29. The van der Waals surface area contributed by atoms with Gasteiger partial charge < -0.3 is 5.32 Å². The highest BCUT2D eigenvalue weighted by Gasteiger charge is 2.28. The summed E-state index contributed by atoms with van der Waals surface area (Å²) in [6.07, 6.45) is 1.72. The van der Waals surface area contributed by atoms with Crippen LogP contribution in [0, 0.1) is 26.7 Å². The van der Waals surface area contributed by atoms with Crippen molar-refractivity contribution in [3.8, 4) is 5.95 Å². The van der Waals surface area contributed by atoms with Gasteiger partial charge in [0.05, 0.1) is 10.6 Å². The van der Waals surface area contributed by atoms with Crippen molar-refractivity contribution in [3.05, 3.63) is 59.0 Å². The number of piperidine rings is 1. The second-order valence-corrected chi connectivity index (χ2v) is 10.5. The molecule has 10 heteroatoms. The van der Waals surface area contributed by atoms with E-state index < -0.39 is 10.0 Å². The molecule has 1 aliphatic rings. The van der Waals surface area contributed by atoms with Crippen LogP contribution in [0.25, 0.3) is 5.95 Å². The summed E-state index contributed by atoms with van der Waals surface area (Å²) in [7, 11) is -3.56. The number of nitrogens with zero attached hydrogens (tertiary/aromatic N) is 5. The average Bonchev–Trinajstić information content (AvgIpc) is 3.13. The molecule has 3 aromatic rings. The van der Waals surface area contributed by atoms with Gasteiger partial charge in [-0.3, -0.25) is 4.79 Å². The lowest BCUT2D eigenvalue weighted by molar-refractivity contribution is 0.102. The molecule has 0 bridgehead atoms. The summed E-state index contributed by atoms with van der Waals surface area (Å²) in [6, 6.07) is 9.61. The van der Waals surface area contributed by atoms with Crippen LogP contribution in [-0.4, -0.2) is 51.5 Å². The number of sulfonamides is 1. The van der Waals surface area contributed by atoms with Gasteiger partial charge in [-0.2, -0.15) is 14.1 Å². The van der Waals surface area contributed by atoms with E-state index in [0.29, 0.717) is 42.0 Å². The maximum absolute atomic E-state index is 12.9. The summed E-state index contributed by atoms with van der Waals surface area (Å²) < 4.78 is 28.9. The van der Waals surface area contributed by atoms with Crippen molar-refractivity contribution in [1.82, 2.24) is 24.1 Å². The van der Waals surface area contributed by atoms with Crippen LogP contribution in [0.1, 0.15) is 47.2 Å². The fourth-order valence-electron chi connectivity index (χ4n) is 3.88. The predicted octanol–water partition coefficient (Wildman–Crippen LogP) is 3.26. The second kappa shape index (κ2) is 9.03. The smallest absolute Gasteiger partial charge is 0.256 e. The first-order valence-corrected chi connectivity index (χ1v) is 12.4. The summed E-state index contributed by atoms with van der Waals surface area (Å²) in [5.74, 6) is 0.958. The van der Waals surface area contributed by atoms with Gasteiger partial charge in [0.15, 0.2) is 0 Å². The molecule has 3 heterocycles. The minimum absolute atomic E-state index is 0.193. The molecule has 1 saturated heterocycles. The van der Waals surface area contributed by atoms with E-state index in [1.807, 2.05) is 26.8 Å². The first-order valence-electron chi connectivity index (χ1n) is 10.9. The maximum Gasteiger partial charge on any atom is 0.256 e. The fourth-order valence-corrected chi connectivity index (χ4v) is 5.35. The molecule has 174 valence electrons. The van der Waals surface area contributed by atoms with Crippen molar-refractivity contribution in [2.24, 2.45) is 5.92 Å². The molecule has 0 unspecified atom stereocenters. The molecule has 9 nitrogen and oxygen atoms in total. The number of hydrogen-bond donors (Lipinski definition) is 1. The van der Waals surface area contributed by atoms with Crippen molar-refractivity contribution in [3.63, 3.8) is 0 Å². The van der Waals surface area contributed by atoms with E-state index >= 15 is 0 Å². The van der Waals surface area contributed by atoms with Gasteiger partial charge in [0, 0.05) is 36.1 Å². The number of carbonyl (C=O) groups is 1.